The molecule has 2 saturated carbocycles. The predicted octanol–water partition coefficient (Wildman–Crippen LogP) is 3.34. The van der Waals surface area contributed by atoms with Gasteiger partial charge in [-0.1, -0.05) is 56.6 Å². The van der Waals surface area contributed by atoms with Crippen molar-refractivity contribution in [2.24, 2.45) is 11.3 Å². The summed E-state index contributed by atoms with van der Waals surface area (Å²) in [5.74, 6) is 0.621. The summed E-state index contributed by atoms with van der Waals surface area (Å²) >= 11 is 8.03. The number of hydrogen-bond donors (Lipinski definition) is 0. The Balaban J connectivity index is 0.00000342. The van der Waals surface area contributed by atoms with Crippen LogP contribution in [0.3, 0.4) is 0 Å². The summed E-state index contributed by atoms with van der Waals surface area (Å²) in [5, 5.41) is 11.9. The van der Waals surface area contributed by atoms with Crippen molar-refractivity contribution >= 4 is 34.0 Å². The minimum atomic E-state index is -1.03. The Kier molecular flexibility index (Phi) is 10.4. The van der Waals surface area contributed by atoms with Gasteiger partial charge in [-0.25, -0.2) is 4.98 Å². The Labute approximate surface area is 240 Å². The topological polar surface area (TPSA) is 65.5 Å². The van der Waals surface area contributed by atoms with Gasteiger partial charge in [-0.2, -0.15) is 0 Å². The summed E-state index contributed by atoms with van der Waals surface area (Å²) in [6.45, 7) is 7.41. The third-order valence-electron chi connectivity index (χ3n) is 7.47. The van der Waals surface area contributed by atoms with Crippen molar-refractivity contribution in [3.8, 4) is 17.0 Å². The minimum Gasteiger partial charge on any atom is -0.550 e. The molecule has 0 amide bonds. The molecule has 2 aliphatic rings. The second-order valence-corrected chi connectivity index (χ2v) is 12.4. The fraction of sp³-hybridized carbons (Fsp3) is 0.630. The van der Waals surface area contributed by atoms with Gasteiger partial charge >= 0.3 is 29.6 Å². The third-order valence-corrected chi connectivity index (χ3v) is 8.76. The second kappa shape index (κ2) is 12.6. The number of carbonyl (C=O) groups excluding carboxylic acids is 1. The van der Waals surface area contributed by atoms with E-state index in [1.165, 1.54) is 24.2 Å². The van der Waals surface area contributed by atoms with Crippen LogP contribution in [-0.2, 0) is 4.79 Å². The number of halogens is 1. The van der Waals surface area contributed by atoms with E-state index in [2.05, 4.69) is 25.7 Å². The molecule has 1 heterocycles. The molecule has 0 spiro atoms. The molecule has 2 aromatic rings. The molecule has 4 rings (SSSR count). The number of carbonyl (C=O) groups is 1. The summed E-state index contributed by atoms with van der Waals surface area (Å²) in [7, 11) is 0. The summed E-state index contributed by atoms with van der Waals surface area (Å²) < 4.78 is 6.91. The number of rotatable bonds is 8. The fourth-order valence-corrected chi connectivity index (χ4v) is 6.66. The Bertz CT molecular complexity index is 962. The van der Waals surface area contributed by atoms with Gasteiger partial charge in [0.2, 0.25) is 0 Å². The van der Waals surface area contributed by atoms with Gasteiger partial charge in [-0.05, 0) is 74.1 Å². The molecule has 0 atom stereocenters. The van der Waals surface area contributed by atoms with E-state index in [0.717, 1.165) is 66.6 Å². The number of nitrogens with zero attached hydrogens (tertiary/aromatic N) is 2. The molecule has 0 bridgehead atoms. The zero-order valence-electron chi connectivity index (χ0n) is 21.5. The van der Waals surface area contributed by atoms with E-state index in [1.54, 1.807) is 0 Å². The molecule has 186 valence electrons. The smallest absolute Gasteiger partial charge is 0.550 e. The Hall–Kier alpha value is -0.790. The maximum atomic E-state index is 11.1. The number of aromatic nitrogens is 1. The SMILES string of the molecule is CC(C)(C)C1CCC(Oc2ccc(-c3nc(N(CCC(=O)[O-])C4CCCC4)sc3Cl)cc2)CC1.[Na+]. The molecule has 2 fully saturated rings. The number of anilines is 1. The molecule has 35 heavy (non-hydrogen) atoms. The molecule has 0 saturated heterocycles. The zero-order valence-corrected chi connectivity index (χ0v) is 25.1. The van der Waals surface area contributed by atoms with Crippen molar-refractivity contribution in [1.29, 1.82) is 0 Å². The van der Waals surface area contributed by atoms with Crippen LogP contribution < -0.4 is 44.3 Å². The van der Waals surface area contributed by atoms with Crippen LogP contribution in [-0.4, -0.2) is 29.6 Å². The van der Waals surface area contributed by atoms with Gasteiger partial charge in [-0.3, -0.25) is 0 Å². The van der Waals surface area contributed by atoms with Crippen molar-refractivity contribution < 1.29 is 44.2 Å². The Morgan fingerprint density at radius 2 is 1.74 bits per heavy atom. The van der Waals surface area contributed by atoms with E-state index in [9.17, 15) is 9.90 Å². The summed E-state index contributed by atoms with van der Waals surface area (Å²) in [4.78, 5) is 18.0. The Morgan fingerprint density at radius 1 is 1.11 bits per heavy atom. The minimum absolute atomic E-state index is 0. The van der Waals surface area contributed by atoms with Gasteiger partial charge in [0, 0.05) is 30.5 Å². The molecule has 1 aromatic heterocycles. The molecule has 0 aliphatic heterocycles. The molecule has 5 nitrogen and oxygen atoms in total. The molecule has 0 radical (unpaired) electrons. The van der Waals surface area contributed by atoms with Gasteiger partial charge in [0.25, 0.3) is 0 Å². The van der Waals surface area contributed by atoms with E-state index in [4.69, 9.17) is 21.3 Å². The van der Waals surface area contributed by atoms with Crippen LogP contribution in [0.25, 0.3) is 11.3 Å². The average Bonchev–Trinajstić information content (AvgIpc) is 3.45. The molecular formula is C27H36ClN2NaO3S. The second-order valence-electron chi connectivity index (χ2n) is 10.9. The molecule has 2 aliphatic carbocycles. The number of carboxylic acids is 1. The first-order chi connectivity index (χ1) is 16.2. The van der Waals surface area contributed by atoms with Gasteiger partial charge in [0.15, 0.2) is 5.13 Å². The first-order valence-electron chi connectivity index (χ1n) is 12.6. The number of ether oxygens (including phenoxy) is 1. The van der Waals surface area contributed by atoms with Crippen LogP contribution in [0, 0.1) is 11.3 Å². The van der Waals surface area contributed by atoms with Gasteiger partial charge in [-0.15, -0.1) is 0 Å². The van der Waals surface area contributed by atoms with Crippen molar-refractivity contribution in [3.63, 3.8) is 0 Å². The van der Waals surface area contributed by atoms with Gasteiger partial charge in [0.1, 0.15) is 15.8 Å². The maximum Gasteiger partial charge on any atom is 1.00 e. The van der Waals surface area contributed by atoms with Crippen molar-refractivity contribution in [2.45, 2.75) is 90.7 Å². The molecular weight excluding hydrogens is 491 g/mol. The third kappa shape index (κ3) is 7.61. The monoisotopic (exact) mass is 526 g/mol. The number of carboxylic acid groups (broad SMARTS) is 1. The Morgan fingerprint density at radius 3 is 2.31 bits per heavy atom. The maximum absolute atomic E-state index is 11.1. The summed E-state index contributed by atoms with van der Waals surface area (Å²) in [5.41, 5.74) is 2.06. The van der Waals surface area contributed by atoms with Crippen molar-refractivity contribution in [1.82, 2.24) is 4.98 Å². The number of hydrogen-bond acceptors (Lipinski definition) is 6. The van der Waals surface area contributed by atoms with Crippen LogP contribution in [0.2, 0.25) is 4.34 Å². The van der Waals surface area contributed by atoms with E-state index < -0.39 is 5.97 Å². The quantitative estimate of drug-likeness (QED) is 0.494. The van der Waals surface area contributed by atoms with Crippen molar-refractivity contribution in [2.75, 3.05) is 11.4 Å². The van der Waals surface area contributed by atoms with Crippen LogP contribution in [0.15, 0.2) is 24.3 Å². The van der Waals surface area contributed by atoms with E-state index in [-0.39, 0.29) is 42.1 Å². The van der Waals surface area contributed by atoms with E-state index in [1.807, 2.05) is 24.3 Å². The number of benzene rings is 1. The van der Waals surface area contributed by atoms with E-state index in [0.29, 0.717) is 22.3 Å². The molecule has 1 aromatic carbocycles. The largest absolute Gasteiger partial charge is 1.00 e. The van der Waals surface area contributed by atoms with Crippen LogP contribution in [0.5, 0.6) is 5.75 Å². The van der Waals surface area contributed by atoms with Crippen LogP contribution in [0.4, 0.5) is 5.13 Å². The summed E-state index contributed by atoms with van der Waals surface area (Å²) in [6, 6.07) is 8.36. The summed E-state index contributed by atoms with van der Waals surface area (Å²) in [6.07, 6.45) is 9.37. The normalized spacial score (nSPS) is 20.9. The predicted molar refractivity (Wildman–Crippen MR) is 138 cm³/mol. The first-order valence-corrected chi connectivity index (χ1v) is 13.8. The zero-order chi connectivity index (χ0) is 24.3. The van der Waals surface area contributed by atoms with Crippen LogP contribution >= 0.6 is 22.9 Å². The molecule has 8 heteroatoms. The van der Waals surface area contributed by atoms with Gasteiger partial charge < -0.3 is 19.5 Å². The van der Waals surface area contributed by atoms with E-state index >= 15 is 0 Å². The van der Waals surface area contributed by atoms with Gasteiger partial charge in [0.05, 0.1) is 6.10 Å². The number of thiazole rings is 1. The standard InChI is InChI=1S/C27H37ClN2O3S.Na/c1-27(2,3)19-10-14-22(15-11-19)33-21-12-8-18(9-13-21)24-25(28)34-26(29-24)30(17-16-23(31)32)20-6-4-5-7-20;/h8-9,12-13,19-20,22H,4-7,10-11,14-17H2,1-3H3,(H,31,32);/q;+1/p-1. The molecule has 0 unspecified atom stereocenters. The average molecular weight is 527 g/mol. The fourth-order valence-electron chi connectivity index (χ4n) is 5.38. The van der Waals surface area contributed by atoms with Crippen molar-refractivity contribution in [3.05, 3.63) is 28.6 Å². The number of aliphatic carboxylic acids is 1. The first kappa shape index (κ1) is 28.8. The van der Waals surface area contributed by atoms with Crippen LogP contribution in [0.1, 0.15) is 78.6 Å². The molecule has 0 N–H and O–H groups in total.